The number of fused-ring (bicyclic) bond motifs is 1. The minimum absolute atomic E-state index is 0.00685. The first-order chi connectivity index (χ1) is 19.5. The van der Waals surface area contributed by atoms with Crippen LogP contribution < -0.4 is 25.6 Å². The fourth-order valence-corrected chi connectivity index (χ4v) is 6.11. The lowest BCUT2D eigenvalue weighted by atomic mass is 9.99. The van der Waals surface area contributed by atoms with E-state index in [0.717, 1.165) is 69.0 Å². The number of nitrogens with zero attached hydrogens (tertiary/aromatic N) is 5. The summed E-state index contributed by atoms with van der Waals surface area (Å²) in [7, 11) is 3.46. The van der Waals surface area contributed by atoms with Gasteiger partial charge in [0.2, 0.25) is 5.95 Å². The van der Waals surface area contributed by atoms with Crippen molar-refractivity contribution in [3.8, 4) is 5.75 Å². The first-order valence-corrected chi connectivity index (χ1v) is 14.2. The summed E-state index contributed by atoms with van der Waals surface area (Å²) in [5.74, 6) is 1.45. The van der Waals surface area contributed by atoms with Gasteiger partial charge in [0.05, 0.1) is 30.2 Å². The normalized spacial score (nSPS) is 18.1. The zero-order valence-electron chi connectivity index (χ0n) is 22.9. The number of piperidine rings is 1. The second-order valence-electron chi connectivity index (χ2n) is 10.5. The largest absolute Gasteiger partial charge is 0.495 e. The maximum Gasteiger partial charge on any atom is 0.256 e. The average molecular weight is 563 g/mol. The third-order valence-electron chi connectivity index (χ3n) is 8.07. The number of benzene rings is 2. The number of hydrogen-bond donors (Lipinski definition) is 3. The molecule has 0 atom stereocenters. The summed E-state index contributed by atoms with van der Waals surface area (Å²) in [6.07, 6.45) is 3.81. The van der Waals surface area contributed by atoms with Gasteiger partial charge in [-0.15, -0.1) is 0 Å². The monoisotopic (exact) mass is 562 g/mol. The van der Waals surface area contributed by atoms with Gasteiger partial charge in [0.15, 0.2) is 5.82 Å². The van der Waals surface area contributed by atoms with E-state index in [1.165, 1.54) is 0 Å². The number of hydrogen-bond acceptors (Lipinski definition) is 9. The number of para-hydroxylation sites is 2. The van der Waals surface area contributed by atoms with E-state index < -0.39 is 0 Å². The number of aromatic nitrogens is 2. The molecule has 210 valence electrons. The standard InChI is InChI=1S/C29H35ClN8O2/c1-36-18-20-24(38-13-9-19(10-14-38)37-15-11-31-12-16-37)8-7-23(26(20)28(36)39)33-27-21(30)17-32-29(35-27)34-22-5-3-4-6-25(22)40-2/h3-8,17,19,31H,9-16,18H2,1-2H3,(H2,32,33,34,35). The van der Waals surface area contributed by atoms with Gasteiger partial charge in [-0.3, -0.25) is 9.69 Å². The second-order valence-corrected chi connectivity index (χ2v) is 10.9. The van der Waals surface area contributed by atoms with Gasteiger partial charge in [-0.2, -0.15) is 4.98 Å². The molecule has 3 aromatic rings. The van der Waals surface area contributed by atoms with E-state index in [-0.39, 0.29) is 5.91 Å². The van der Waals surface area contributed by atoms with Gasteiger partial charge in [-0.1, -0.05) is 23.7 Å². The Kier molecular flexibility index (Phi) is 7.64. The molecule has 0 saturated carbocycles. The molecular formula is C29H35ClN8O2. The van der Waals surface area contributed by atoms with Crippen molar-refractivity contribution in [3.63, 3.8) is 0 Å². The number of rotatable bonds is 7. The molecule has 10 nitrogen and oxygen atoms in total. The summed E-state index contributed by atoms with van der Waals surface area (Å²) in [6, 6.07) is 12.3. The molecule has 1 aromatic heterocycles. The molecule has 2 aromatic carbocycles. The zero-order valence-corrected chi connectivity index (χ0v) is 23.7. The molecule has 3 N–H and O–H groups in total. The predicted molar refractivity (Wildman–Crippen MR) is 159 cm³/mol. The maximum absolute atomic E-state index is 13.3. The van der Waals surface area contributed by atoms with Crippen molar-refractivity contribution in [2.75, 3.05) is 69.0 Å². The highest BCUT2D eigenvalue weighted by Crippen LogP contribution is 2.39. The fraction of sp³-hybridized carbons (Fsp3) is 0.414. The molecule has 3 aliphatic rings. The van der Waals surface area contributed by atoms with Gasteiger partial charge in [0, 0.05) is 70.2 Å². The van der Waals surface area contributed by atoms with Crippen LogP contribution in [0.15, 0.2) is 42.6 Å². The van der Waals surface area contributed by atoms with Crippen molar-refractivity contribution in [2.45, 2.75) is 25.4 Å². The maximum atomic E-state index is 13.3. The van der Waals surface area contributed by atoms with Crippen molar-refractivity contribution in [3.05, 3.63) is 58.7 Å². The average Bonchev–Trinajstić information content (AvgIpc) is 3.29. The Morgan fingerprint density at radius 1 is 1.02 bits per heavy atom. The van der Waals surface area contributed by atoms with Crippen LogP contribution in [-0.4, -0.2) is 85.1 Å². The van der Waals surface area contributed by atoms with Crippen molar-refractivity contribution in [2.24, 2.45) is 0 Å². The lowest BCUT2D eigenvalue weighted by Gasteiger charge is -2.41. The fourth-order valence-electron chi connectivity index (χ4n) is 5.97. The van der Waals surface area contributed by atoms with Crippen LogP contribution in [0.4, 0.5) is 28.8 Å². The molecule has 0 aliphatic carbocycles. The summed E-state index contributed by atoms with van der Waals surface area (Å²) in [6.45, 7) is 6.95. The van der Waals surface area contributed by atoms with Gasteiger partial charge in [0.25, 0.3) is 5.91 Å². The molecule has 2 saturated heterocycles. The van der Waals surface area contributed by atoms with Crippen LogP contribution in [-0.2, 0) is 6.54 Å². The van der Waals surface area contributed by atoms with Crippen molar-refractivity contribution in [1.82, 2.24) is 25.1 Å². The lowest BCUT2D eigenvalue weighted by molar-refractivity contribution is 0.0817. The minimum atomic E-state index is -0.00685. The van der Waals surface area contributed by atoms with E-state index in [1.807, 2.05) is 37.4 Å². The van der Waals surface area contributed by atoms with Crippen molar-refractivity contribution >= 4 is 46.3 Å². The van der Waals surface area contributed by atoms with Crippen LogP contribution in [0.3, 0.4) is 0 Å². The highest BCUT2D eigenvalue weighted by atomic mass is 35.5. The number of methoxy groups -OCH3 is 1. The Morgan fingerprint density at radius 3 is 2.58 bits per heavy atom. The summed E-state index contributed by atoms with van der Waals surface area (Å²) in [5, 5.41) is 10.3. The number of carbonyl (C=O) groups is 1. The van der Waals surface area contributed by atoms with Crippen LogP contribution in [0, 0.1) is 0 Å². The number of piperazine rings is 1. The molecular weight excluding hydrogens is 528 g/mol. The first-order valence-electron chi connectivity index (χ1n) is 13.8. The van der Waals surface area contributed by atoms with E-state index in [2.05, 4.69) is 41.8 Å². The van der Waals surface area contributed by atoms with Gasteiger partial charge in [-0.25, -0.2) is 4.98 Å². The van der Waals surface area contributed by atoms with Crippen molar-refractivity contribution in [1.29, 1.82) is 0 Å². The zero-order chi connectivity index (χ0) is 27.6. The molecule has 4 heterocycles. The molecule has 0 bridgehead atoms. The third-order valence-corrected chi connectivity index (χ3v) is 8.34. The highest BCUT2D eigenvalue weighted by molar-refractivity contribution is 6.33. The molecule has 0 unspecified atom stereocenters. The van der Waals surface area contributed by atoms with Crippen molar-refractivity contribution < 1.29 is 9.53 Å². The molecule has 0 spiro atoms. The SMILES string of the molecule is COc1ccccc1Nc1ncc(Cl)c(Nc2ccc(N3CCC(N4CCNCC4)CC3)c3c2C(=O)N(C)C3)n1. The van der Waals surface area contributed by atoms with E-state index in [1.54, 1.807) is 18.2 Å². The molecule has 40 heavy (non-hydrogen) atoms. The van der Waals surface area contributed by atoms with E-state index >= 15 is 0 Å². The lowest BCUT2D eigenvalue weighted by Crippen LogP contribution is -2.52. The topological polar surface area (TPSA) is 97.9 Å². The predicted octanol–water partition coefficient (Wildman–Crippen LogP) is 4.09. The Labute approximate surface area is 239 Å². The molecule has 1 amide bonds. The molecule has 6 rings (SSSR count). The quantitative estimate of drug-likeness (QED) is 0.393. The molecule has 11 heteroatoms. The van der Waals surface area contributed by atoms with E-state index in [4.69, 9.17) is 16.3 Å². The minimum Gasteiger partial charge on any atom is -0.495 e. The number of halogens is 1. The number of amides is 1. The second kappa shape index (κ2) is 11.5. The number of carbonyl (C=O) groups excluding carboxylic acids is 1. The molecule has 2 fully saturated rings. The van der Waals surface area contributed by atoms with Crippen LogP contribution in [0.1, 0.15) is 28.8 Å². The number of nitrogens with one attached hydrogen (secondary N) is 3. The molecule has 3 aliphatic heterocycles. The van der Waals surface area contributed by atoms with Crippen LogP contribution >= 0.6 is 11.6 Å². The highest BCUT2D eigenvalue weighted by Gasteiger charge is 2.33. The van der Waals surface area contributed by atoms with Crippen LogP contribution in [0.5, 0.6) is 5.75 Å². The van der Waals surface area contributed by atoms with Gasteiger partial charge in [0.1, 0.15) is 10.8 Å². The smallest absolute Gasteiger partial charge is 0.256 e. The Hall–Kier alpha value is -3.60. The third kappa shape index (κ3) is 5.26. The number of ether oxygens (including phenoxy) is 1. The summed E-state index contributed by atoms with van der Waals surface area (Å²) in [5.41, 5.74) is 4.30. The number of anilines is 5. The van der Waals surface area contributed by atoms with E-state index in [0.29, 0.717) is 46.4 Å². The van der Waals surface area contributed by atoms with Crippen LogP contribution in [0.25, 0.3) is 0 Å². The van der Waals surface area contributed by atoms with Crippen LogP contribution in [0.2, 0.25) is 5.02 Å². The van der Waals surface area contributed by atoms with Gasteiger partial charge >= 0.3 is 0 Å². The summed E-state index contributed by atoms with van der Waals surface area (Å²) >= 11 is 6.50. The Bertz CT molecular complexity index is 1390. The van der Waals surface area contributed by atoms with Gasteiger partial charge in [-0.05, 0) is 37.1 Å². The summed E-state index contributed by atoms with van der Waals surface area (Å²) < 4.78 is 5.43. The first kappa shape index (κ1) is 26.6. The Balaban J connectivity index is 1.23. The van der Waals surface area contributed by atoms with E-state index in [9.17, 15) is 4.79 Å². The Morgan fingerprint density at radius 2 is 1.80 bits per heavy atom. The van der Waals surface area contributed by atoms with Gasteiger partial charge < -0.3 is 30.5 Å². The summed E-state index contributed by atoms with van der Waals surface area (Å²) in [4.78, 5) is 29.1. The molecule has 0 radical (unpaired) electrons.